The summed E-state index contributed by atoms with van der Waals surface area (Å²) in [6, 6.07) is 7.57. The lowest BCUT2D eigenvalue weighted by atomic mass is 10.1. The summed E-state index contributed by atoms with van der Waals surface area (Å²) in [4.78, 5) is 11.0. The van der Waals surface area contributed by atoms with Gasteiger partial charge in [0, 0.05) is 10.8 Å². The van der Waals surface area contributed by atoms with Crippen molar-refractivity contribution in [2.24, 2.45) is 0 Å². The zero-order valence-corrected chi connectivity index (χ0v) is 8.14. The second-order valence-corrected chi connectivity index (χ2v) is 3.63. The molecule has 1 aromatic carbocycles. The number of thiol groups is 1. The SMILES string of the molecule is CC(=O)c1cccc(C(C)S)c1. The third kappa shape index (κ3) is 2.11. The second-order valence-electron chi connectivity index (χ2n) is 2.86. The van der Waals surface area contributed by atoms with Crippen molar-refractivity contribution in [2.75, 3.05) is 0 Å². The van der Waals surface area contributed by atoms with Crippen molar-refractivity contribution in [1.82, 2.24) is 0 Å². The lowest BCUT2D eigenvalue weighted by Gasteiger charge is -2.04. The van der Waals surface area contributed by atoms with Gasteiger partial charge in [-0.1, -0.05) is 18.2 Å². The Hall–Kier alpha value is -0.760. The van der Waals surface area contributed by atoms with Crippen molar-refractivity contribution >= 4 is 18.4 Å². The minimum Gasteiger partial charge on any atom is -0.295 e. The van der Waals surface area contributed by atoms with Crippen molar-refractivity contribution in [1.29, 1.82) is 0 Å². The molecule has 1 nitrogen and oxygen atoms in total. The van der Waals surface area contributed by atoms with Gasteiger partial charge in [-0.2, -0.15) is 12.6 Å². The summed E-state index contributed by atoms with van der Waals surface area (Å²) in [5.41, 5.74) is 1.85. The first-order chi connectivity index (χ1) is 5.61. The average Bonchev–Trinajstić information content (AvgIpc) is 2.04. The van der Waals surface area contributed by atoms with E-state index in [0.717, 1.165) is 11.1 Å². The van der Waals surface area contributed by atoms with Crippen LogP contribution < -0.4 is 0 Å². The summed E-state index contributed by atoms with van der Waals surface area (Å²) in [6.07, 6.45) is 0. The molecule has 0 heterocycles. The van der Waals surface area contributed by atoms with Gasteiger partial charge in [-0.05, 0) is 25.5 Å². The minimum absolute atomic E-state index is 0.103. The molecule has 1 aromatic rings. The molecule has 0 spiro atoms. The zero-order valence-electron chi connectivity index (χ0n) is 7.24. The zero-order chi connectivity index (χ0) is 9.14. The van der Waals surface area contributed by atoms with E-state index in [1.54, 1.807) is 6.92 Å². The van der Waals surface area contributed by atoms with Crippen LogP contribution in [0.3, 0.4) is 0 Å². The lowest BCUT2D eigenvalue weighted by molar-refractivity contribution is 0.101. The molecule has 0 fully saturated rings. The van der Waals surface area contributed by atoms with Crippen LogP contribution in [-0.2, 0) is 0 Å². The van der Waals surface area contributed by atoms with E-state index in [0.29, 0.717) is 0 Å². The normalized spacial score (nSPS) is 12.6. The Balaban J connectivity index is 3.04. The van der Waals surface area contributed by atoms with Crippen LogP contribution >= 0.6 is 12.6 Å². The fourth-order valence-corrected chi connectivity index (χ4v) is 1.18. The van der Waals surface area contributed by atoms with Crippen LogP contribution in [0.25, 0.3) is 0 Å². The van der Waals surface area contributed by atoms with E-state index in [1.165, 1.54) is 0 Å². The molecule has 1 rings (SSSR count). The molecule has 2 heteroatoms. The number of benzene rings is 1. The van der Waals surface area contributed by atoms with Gasteiger partial charge in [-0.25, -0.2) is 0 Å². The summed E-state index contributed by atoms with van der Waals surface area (Å²) in [7, 11) is 0. The molecule has 64 valence electrons. The average molecular weight is 180 g/mol. The largest absolute Gasteiger partial charge is 0.295 e. The first-order valence-electron chi connectivity index (χ1n) is 3.90. The molecule has 0 aliphatic heterocycles. The van der Waals surface area contributed by atoms with Gasteiger partial charge < -0.3 is 0 Å². The smallest absolute Gasteiger partial charge is 0.159 e. The second kappa shape index (κ2) is 3.76. The molecule has 0 saturated heterocycles. The standard InChI is InChI=1S/C10H12OS/c1-7(11)9-4-3-5-10(6-9)8(2)12/h3-6,8,12H,1-2H3. The van der Waals surface area contributed by atoms with Gasteiger partial charge in [0.25, 0.3) is 0 Å². The molecule has 0 saturated carbocycles. The fraction of sp³-hybridized carbons (Fsp3) is 0.300. The summed E-state index contributed by atoms with van der Waals surface area (Å²) < 4.78 is 0. The Labute approximate surface area is 78.2 Å². The Morgan fingerprint density at radius 1 is 1.50 bits per heavy atom. The van der Waals surface area contributed by atoms with Gasteiger partial charge in [-0.15, -0.1) is 0 Å². The predicted molar refractivity (Wildman–Crippen MR) is 53.8 cm³/mol. The lowest BCUT2D eigenvalue weighted by Crippen LogP contribution is -1.93. The van der Waals surface area contributed by atoms with E-state index >= 15 is 0 Å². The van der Waals surface area contributed by atoms with E-state index in [4.69, 9.17) is 0 Å². The number of hydrogen-bond donors (Lipinski definition) is 1. The highest BCUT2D eigenvalue weighted by molar-refractivity contribution is 7.80. The molecule has 0 aromatic heterocycles. The quantitative estimate of drug-likeness (QED) is 0.547. The minimum atomic E-state index is 0.103. The van der Waals surface area contributed by atoms with E-state index in [1.807, 2.05) is 31.2 Å². The van der Waals surface area contributed by atoms with Crippen LogP contribution in [0.2, 0.25) is 0 Å². The summed E-state index contributed by atoms with van der Waals surface area (Å²) in [5, 5.41) is 0.185. The number of rotatable bonds is 2. The first kappa shape index (κ1) is 9.33. The summed E-state index contributed by atoms with van der Waals surface area (Å²) in [6.45, 7) is 3.56. The summed E-state index contributed by atoms with van der Waals surface area (Å²) in [5.74, 6) is 0.103. The highest BCUT2D eigenvalue weighted by atomic mass is 32.1. The Morgan fingerprint density at radius 3 is 2.67 bits per heavy atom. The van der Waals surface area contributed by atoms with Crippen LogP contribution in [-0.4, -0.2) is 5.78 Å². The van der Waals surface area contributed by atoms with Crippen molar-refractivity contribution in [2.45, 2.75) is 19.1 Å². The number of carbonyl (C=O) groups is 1. The molecule has 1 unspecified atom stereocenters. The number of ketones is 1. The van der Waals surface area contributed by atoms with Gasteiger partial charge >= 0.3 is 0 Å². The van der Waals surface area contributed by atoms with Gasteiger partial charge in [0.1, 0.15) is 0 Å². The van der Waals surface area contributed by atoms with E-state index in [-0.39, 0.29) is 11.0 Å². The van der Waals surface area contributed by atoms with Crippen LogP contribution in [0.4, 0.5) is 0 Å². The molecule has 1 atom stereocenters. The monoisotopic (exact) mass is 180 g/mol. The predicted octanol–water partition coefficient (Wildman–Crippen LogP) is 2.88. The molecule has 0 aliphatic rings. The maximum Gasteiger partial charge on any atom is 0.159 e. The van der Waals surface area contributed by atoms with Crippen molar-refractivity contribution < 1.29 is 4.79 Å². The number of hydrogen-bond acceptors (Lipinski definition) is 2. The molecule has 0 N–H and O–H groups in total. The third-order valence-corrected chi connectivity index (χ3v) is 2.07. The molecular formula is C10H12OS. The van der Waals surface area contributed by atoms with Gasteiger partial charge in [0.05, 0.1) is 0 Å². The molecule has 0 bridgehead atoms. The topological polar surface area (TPSA) is 17.1 Å². The Kier molecular flexibility index (Phi) is 2.93. The maximum atomic E-state index is 11.0. The highest BCUT2D eigenvalue weighted by Gasteiger charge is 2.02. The fourth-order valence-electron chi connectivity index (χ4n) is 1.02. The molecular weight excluding hydrogens is 168 g/mol. The van der Waals surface area contributed by atoms with Gasteiger partial charge in [0.2, 0.25) is 0 Å². The van der Waals surface area contributed by atoms with Gasteiger partial charge in [0.15, 0.2) is 5.78 Å². The third-order valence-electron chi connectivity index (χ3n) is 1.78. The molecule has 0 radical (unpaired) electrons. The number of Topliss-reactive ketones (excluding diaryl/α,β-unsaturated/α-hetero) is 1. The van der Waals surface area contributed by atoms with Crippen molar-refractivity contribution in [3.05, 3.63) is 35.4 Å². The van der Waals surface area contributed by atoms with Crippen LogP contribution in [0, 0.1) is 0 Å². The Morgan fingerprint density at radius 2 is 2.17 bits per heavy atom. The van der Waals surface area contributed by atoms with Crippen LogP contribution in [0.5, 0.6) is 0 Å². The van der Waals surface area contributed by atoms with Gasteiger partial charge in [-0.3, -0.25) is 4.79 Å². The van der Waals surface area contributed by atoms with E-state index in [2.05, 4.69) is 12.6 Å². The first-order valence-corrected chi connectivity index (χ1v) is 4.42. The summed E-state index contributed by atoms with van der Waals surface area (Å²) >= 11 is 4.29. The van der Waals surface area contributed by atoms with Crippen molar-refractivity contribution in [3.63, 3.8) is 0 Å². The number of carbonyl (C=O) groups excluding carboxylic acids is 1. The van der Waals surface area contributed by atoms with E-state index in [9.17, 15) is 4.79 Å². The molecule has 0 amide bonds. The molecule has 12 heavy (non-hydrogen) atoms. The van der Waals surface area contributed by atoms with Crippen molar-refractivity contribution in [3.8, 4) is 0 Å². The van der Waals surface area contributed by atoms with Crippen LogP contribution in [0.1, 0.15) is 35.0 Å². The molecule has 0 aliphatic carbocycles. The Bertz CT molecular complexity index is 292. The maximum absolute atomic E-state index is 11.0. The highest BCUT2D eigenvalue weighted by Crippen LogP contribution is 2.19. The van der Waals surface area contributed by atoms with E-state index < -0.39 is 0 Å². The van der Waals surface area contributed by atoms with Crippen LogP contribution in [0.15, 0.2) is 24.3 Å².